The van der Waals surface area contributed by atoms with Crippen LogP contribution in [0.5, 0.6) is 0 Å². The maximum Gasteiger partial charge on any atom is 0.333 e. The van der Waals surface area contributed by atoms with Gasteiger partial charge < -0.3 is 25.5 Å². The van der Waals surface area contributed by atoms with E-state index in [9.17, 15) is 19.2 Å². The largest absolute Gasteiger partial charge is 0.481 e. The van der Waals surface area contributed by atoms with Crippen molar-refractivity contribution in [3.05, 3.63) is 12.2 Å². The van der Waals surface area contributed by atoms with Crippen LogP contribution < -0.4 is 0 Å². The molecule has 9 nitrogen and oxygen atoms in total. The molecule has 0 heterocycles. The van der Waals surface area contributed by atoms with Crippen molar-refractivity contribution in [2.45, 2.75) is 12.5 Å². The zero-order valence-electron chi connectivity index (χ0n) is 8.31. The molecule has 96 valence electrons. The van der Waals surface area contributed by atoms with Crippen LogP contribution in [0, 0.1) is 0 Å². The normalized spacial score (nSPS) is 11.1. The van der Waals surface area contributed by atoms with E-state index in [1.807, 2.05) is 0 Å². The van der Waals surface area contributed by atoms with E-state index in [2.05, 4.69) is 0 Å². The van der Waals surface area contributed by atoms with Crippen molar-refractivity contribution in [2.75, 3.05) is 0 Å². The summed E-state index contributed by atoms with van der Waals surface area (Å²) in [7, 11) is 0. The number of aliphatic hydroxyl groups is 1. The van der Waals surface area contributed by atoms with Gasteiger partial charge in [0.05, 0.1) is 6.42 Å². The number of rotatable bonds is 5. The smallest absolute Gasteiger partial charge is 0.333 e. The predicted molar refractivity (Wildman–Crippen MR) is 50.3 cm³/mol. The number of hydrogen-bond donors (Lipinski definition) is 5. The van der Waals surface area contributed by atoms with Crippen molar-refractivity contribution >= 4 is 23.9 Å². The first-order valence-corrected chi connectivity index (χ1v) is 3.93. The van der Waals surface area contributed by atoms with E-state index >= 15 is 0 Å². The maximum atomic E-state index is 9.72. The molecule has 0 aromatic rings. The van der Waals surface area contributed by atoms with Gasteiger partial charge >= 0.3 is 23.9 Å². The van der Waals surface area contributed by atoms with Gasteiger partial charge in [-0.15, -0.1) is 0 Å². The third-order valence-corrected chi connectivity index (χ3v) is 1.02. The third kappa shape index (κ3) is 16.3. The second-order valence-corrected chi connectivity index (χ2v) is 2.46. The fourth-order valence-electron chi connectivity index (χ4n) is 0.395. The highest BCUT2D eigenvalue weighted by atomic mass is 16.4. The van der Waals surface area contributed by atoms with E-state index in [1.54, 1.807) is 0 Å². The summed E-state index contributed by atoms with van der Waals surface area (Å²) in [6, 6.07) is 0. The highest BCUT2D eigenvalue weighted by molar-refractivity contribution is 5.89. The van der Waals surface area contributed by atoms with Crippen molar-refractivity contribution in [1.29, 1.82) is 0 Å². The fraction of sp³-hybridized carbons (Fsp3) is 0.250. The van der Waals surface area contributed by atoms with Crippen LogP contribution in [-0.4, -0.2) is 55.5 Å². The van der Waals surface area contributed by atoms with Gasteiger partial charge in [-0.25, -0.2) is 14.4 Å². The molecule has 0 bridgehead atoms. The fourth-order valence-corrected chi connectivity index (χ4v) is 0.395. The Labute approximate surface area is 94.2 Å². The Morgan fingerprint density at radius 2 is 1.24 bits per heavy atom. The van der Waals surface area contributed by atoms with Crippen LogP contribution in [0.1, 0.15) is 6.42 Å². The predicted octanol–water partition coefficient (Wildman–Crippen LogP) is -1.38. The van der Waals surface area contributed by atoms with Crippen LogP contribution in [-0.2, 0) is 19.2 Å². The topological polar surface area (TPSA) is 169 Å². The monoisotopic (exact) mass is 250 g/mol. The molecule has 0 aromatic heterocycles. The summed E-state index contributed by atoms with van der Waals surface area (Å²) in [5.74, 6) is -5.36. The molecule has 1 unspecified atom stereocenters. The standard InChI is InChI=1S/C4H6O5.C4H4O4/c5-2(4(8)9)1-3(6)7;5-3(6)1-2-4(7)8/h2,5H,1H2,(H,6,7)(H,8,9);1-2H,(H,5,6)(H,7,8)/b;2-1+. The van der Waals surface area contributed by atoms with E-state index in [-0.39, 0.29) is 0 Å². The molecule has 0 fully saturated rings. The Hall–Kier alpha value is -2.42. The van der Waals surface area contributed by atoms with Gasteiger partial charge in [0.2, 0.25) is 0 Å². The van der Waals surface area contributed by atoms with Crippen LogP contribution in [0.15, 0.2) is 12.2 Å². The minimum absolute atomic E-state index is 0.558. The number of carboxylic acid groups (broad SMARTS) is 4. The second-order valence-electron chi connectivity index (χ2n) is 2.46. The van der Waals surface area contributed by atoms with Gasteiger partial charge in [0, 0.05) is 12.2 Å². The first kappa shape index (κ1) is 17.0. The summed E-state index contributed by atoms with van der Waals surface area (Å²) < 4.78 is 0. The van der Waals surface area contributed by atoms with E-state index in [1.165, 1.54) is 0 Å². The van der Waals surface area contributed by atoms with E-state index in [0.29, 0.717) is 12.2 Å². The molecule has 0 rings (SSSR count). The summed E-state index contributed by atoms with van der Waals surface area (Å²) in [4.78, 5) is 38.5. The van der Waals surface area contributed by atoms with Crippen LogP contribution in [0.2, 0.25) is 0 Å². The summed E-state index contributed by atoms with van der Waals surface area (Å²) in [5, 5.41) is 39.8. The highest BCUT2D eigenvalue weighted by Gasteiger charge is 2.16. The SMILES string of the molecule is O=C(O)/C=C/C(=O)O.O=C(O)CC(O)C(=O)O. The summed E-state index contributed by atoms with van der Waals surface area (Å²) in [6.45, 7) is 0. The minimum Gasteiger partial charge on any atom is -0.481 e. The molecule has 0 radical (unpaired) electrons. The number of aliphatic carboxylic acids is 4. The number of hydrogen-bond acceptors (Lipinski definition) is 5. The first-order valence-electron chi connectivity index (χ1n) is 3.93. The summed E-state index contributed by atoms with van der Waals surface area (Å²) in [5.41, 5.74) is 0. The van der Waals surface area contributed by atoms with E-state index in [4.69, 9.17) is 25.5 Å². The molecule has 1 atom stereocenters. The Morgan fingerprint density at radius 1 is 0.882 bits per heavy atom. The lowest BCUT2D eigenvalue weighted by Gasteiger charge is -1.97. The number of carbonyl (C=O) groups is 4. The molecule has 5 N–H and O–H groups in total. The zero-order chi connectivity index (χ0) is 14.0. The molecule has 0 aliphatic carbocycles. The van der Waals surface area contributed by atoms with E-state index in [0.717, 1.165) is 0 Å². The number of aliphatic hydroxyl groups excluding tert-OH is 1. The van der Waals surface area contributed by atoms with Crippen molar-refractivity contribution in [3.63, 3.8) is 0 Å². The Bertz CT molecular complexity index is 314. The van der Waals surface area contributed by atoms with Crippen LogP contribution in [0.25, 0.3) is 0 Å². The minimum atomic E-state index is -1.79. The van der Waals surface area contributed by atoms with Gasteiger partial charge in [-0.05, 0) is 0 Å². The highest BCUT2D eigenvalue weighted by Crippen LogP contribution is 1.89. The van der Waals surface area contributed by atoms with Crippen molar-refractivity contribution in [3.8, 4) is 0 Å². The average molecular weight is 250 g/mol. The Kier molecular flexibility index (Phi) is 8.85. The van der Waals surface area contributed by atoms with Gasteiger partial charge in [0.25, 0.3) is 0 Å². The molecule has 9 heteroatoms. The van der Waals surface area contributed by atoms with Gasteiger partial charge in [-0.3, -0.25) is 4.79 Å². The third-order valence-electron chi connectivity index (χ3n) is 1.02. The molecule has 0 aliphatic rings. The van der Waals surface area contributed by atoms with Crippen LogP contribution in [0.3, 0.4) is 0 Å². The zero-order valence-corrected chi connectivity index (χ0v) is 8.31. The van der Waals surface area contributed by atoms with Gasteiger partial charge in [0.1, 0.15) is 0 Å². The number of carboxylic acids is 4. The van der Waals surface area contributed by atoms with Crippen molar-refractivity contribution < 1.29 is 44.7 Å². The summed E-state index contributed by atoms with van der Waals surface area (Å²) in [6.07, 6.45) is -1.43. The lowest BCUT2D eigenvalue weighted by atomic mass is 10.3. The first-order chi connectivity index (χ1) is 7.66. The van der Waals surface area contributed by atoms with E-state index < -0.39 is 36.4 Å². The molecule has 0 amide bonds. The lowest BCUT2D eigenvalue weighted by molar-refractivity contribution is -0.152. The molecular weight excluding hydrogens is 240 g/mol. The van der Waals surface area contributed by atoms with Gasteiger partial charge in [-0.2, -0.15) is 0 Å². The van der Waals surface area contributed by atoms with Gasteiger partial charge in [0.15, 0.2) is 6.10 Å². The molecule has 0 spiro atoms. The lowest BCUT2D eigenvalue weighted by Crippen LogP contribution is -2.22. The molecule has 0 saturated carbocycles. The maximum absolute atomic E-state index is 9.72. The van der Waals surface area contributed by atoms with Crippen molar-refractivity contribution in [2.24, 2.45) is 0 Å². The molecule has 0 aliphatic heterocycles. The second kappa shape index (κ2) is 8.85. The Balaban J connectivity index is 0. The molecule has 0 saturated heterocycles. The molecular formula is C8H10O9. The van der Waals surface area contributed by atoms with Gasteiger partial charge in [-0.1, -0.05) is 0 Å². The molecule has 17 heavy (non-hydrogen) atoms. The average Bonchev–Trinajstić information content (AvgIpc) is 2.14. The van der Waals surface area contributed by atoms with Crippen molar-refractivity contribution in [1.82, 2.24) is 0 Å². The quantitative estimate of drug-likeness (QED) is 0.369. The summed E-state index contributed by atoms with van der Waals surface area (Å²) >= 11 is 0. The molecule has 0 aromatic carbocycles. The van der Waals surface area contributed by atoms with Crippen LogP contribution in [0.4, 0.5) is 0 Å². The van der Waals surface area contributed by atoms with Crippen LogP contribution >= 0.6 is 0 Å². The Morgan fingerprint density at radius 3 is 1.35 bits per heavy atom.